The Bertz CT molecular complexity index is 379. The summed E-state index contributed by atoms with van der Waals surface area (Å²) in [5.41, 5.74) is 0.946. The molecular formula is C11H19IN4O. The molecule has 1 aromatic heterocycles. The van der Waals surface area contributed by atoms with Crippen molar-refractivity contribution in [3.63, 3.8) is 0 Å². The molecule has 0 saturated heterocycles. The Morgan fingerprint density at radius 3 is 2.65 bits per heavy atom. The molecule has 0 spiro atoms. The third-order valence-electron chi connectivity index (χ3n) is 2.62. The van der Waals surface area contributed by atoms with E-state index in [4.69, 9.17) is 4.42 Å². The molecule has 0 unspecified atom stereocenters. The van der Waals surface area contributed by atoms with Crippen LogP contribution < -0.4 is 10.6 Å². The molecule has 0 amide bonds. The second-order valence-corrected chi connectivity index (χ2v) is 4.09. The van der Waals surface area contributed by atoms with Gasteiger partial charge in [-0.15, -0.1) is 24.0 Å². The summed E-state index contributed by atoms with van der Waals surface area (Å²) in [4.78, 5) is 8.44. The molecule has 0 radical (unpaired) electrons. The zero-order chi connectivity index (χ0) is 11.5. The Labute approximate surface area is 118 Å². The maximum atomic E-state index is 5.47. The van der Waals surface area contributed by atoms with E-state index >= 15 is 0 Å². The molecule has 2 N–H and O–H groups in total. The monoisotopic (exact) mass is 350 g/mol. The lowest BCUT2D eigenvalue weighted by Gasteiger charge is -2.08. The molecule has 1 aliphatic rings. The van der Waals surface area contributed by atoms with Crippen LogP contribution >= 0.6 is 24.0 Å². The minimum Gasteiger partial charge on any atom is -0.444 e. The zero-order valence-corrected chi connectivity index (χ0v) is 12.7. The van der Waals surface area contributed by atoms with Crippen molar-refractivity contribution in [2.24, 2.45) is 4.99 Å². The minimum atomic E-state index is 0. The molecule has 1 aliphatic carbocycles. The Balaban J connectivity index is 0.00000144. The molecule has 1 saturated carbocycles. The standard InChI is InChI=1S/C11H18N4O.HI/c1-7-8(2)16-10(14-7)6-13-11(12-3)15-9-4-5-9;/h9H,4-6H2,1-3H3,(H2,12,13,15);1H. The number of rotatable bonds is 3. The van der Waals surface area contributed by atoms with E-state index in [2.05, 4.69) is 20.6 Å². The molecule has 1 aromatic rings. The SMILES string of the molecule is CN=C(NCc1nc(C)c(C)o1)NC1CC1.I. The summed E-state index contributed by atoms with van der Waals surface area (Å²) in [6.07, 6.45) is 2.47. The first-order chi connectivity index (χ1) is 7.69. The summed E-state index contributed by atoms with van der Waals surface area (Å²) >= 11 is 0. The maximum Gasteiger partial charge on any atom is 0.214 e. The highest BCUT2D eigenvalue weighted by molar-refractivity contribution is 14.0. The largest absolute Gasteiger partial charge is 0.444 e. The third kappa shape index (κ3) is 4.18. The topological polar surface area (TPSA) is 62.5 Å². The molecule has 0 atom stereocenters. The Kier molecular flexibility index (Phi) is 5.23. The van der Waals surface area contributed by atoms with Gasteiger partial charge in [0.25, 0.3) is 0 Å². The lowest BCUT2D eigenvalue weighted by Crippen LogP contribution is -2.38. The summed E-state index contributed by atoms with van der Waals surface area (Å²) in [6, 6.07) is 0.597. The zero-order valence-electron chi connectivity index (χ0n) is 10.4. The number of oxazole rings is 1. The van der Waals surface area contributed by atoms with Crippen LogP contribution in [-0.2, 0) is 6.54 Å². The molecule has 0 aliphatic heterocycles. The number of aryl methyl sites for hydroxylation is 2. The summed E-state index contributed by atoms with van der Waals surface area (Å²) in [5.74, 6) is 2.40. The molecule has 2 rings (SSSR count). The highest BCUT2D eigenvalue weighted by Gasteiger charge is 2.22. The van der Waals surface area contributed by atoms with Crippen LogP contribution in [0.15, 0.2) is 9.41 Å². The van der Waals surface area contributed by atoms with E-state index in [1.165, 1.54) is 12.8 Å². The summed E-state index contributed by atoms with van der Waals surface area (Å²) in [6.45, 7) is 4.43. The van der Waals surface area contributed by atoms with Gasteiger partial charge in [-0.1, -0.05) is 0 Å². The fourth-order valence-corrected chi connectivity index (χ4v) is 1.39. The molecule has 6 heteroatoms. The van der Waals surface area contributed by atoms with Crippen molar-refractivity contribution in [1.29, 1.82) is 0 Å². The summed E-state index contributed by atoms with van der Waals surface area (Å²) in [5, 5.41) is 6.48. The highest BCUT2D eigenvalue weighted by Crippen LogP contribution is 2.18. The molecule has 17 heavy (non-hydrogen) atoms. The number of hydrogen-bond donors (Lipinski definition) is 2. The summed E-state index contributed by atoms with van der Waals surface area (Å²) in [7, 11) is 1.77. The number of aliphatic imine (C=N–C) groups is 1. The highest BCUT2D eigenvalue weighted by atomic mass is 127. The van der Waals surface area contributed by atoms with Crippen LogP contribution in [0, 0.1) is 13.8 Å². The predicted octanol–water partition coefficient (Wildman–Crippen LogP) is 1.74. The van der Waals surface area contributed by atoms with Gasteiger partial charge in [-0.05, 0) is 26.7 Å². The molecule has 1 fully saturated rings. The van der Waals surface area contributed by atoms with Gasteiger partial charge in [0.2, 0.25) is 5.89 Å². The van der Waals surface area contributed by atoms with Gasteiger partial charge in [-0.3, -0.25) is 4.99 Å². The molecular weight excluding hydrogens is 331 g/mol. The van der Waals surface area contributed by atoms with Crippen molar-refractivity contribution in [3.05, 3.63) is 17.3 Å². The fourth-order valence-electron chi connectivity index (χ4n) is 1.39. The average molecular weight is 350 g/mol. The van der Waals surface area contributed by atoms with Crippen molar-refractivity contribution in [2.75, 3.05) is 7.05 Å². The van der Waals surface area contributed by atoms with Gasteiger partial charge in [0.05, 0.1) is 12.2 Å². The molecule has 5 nitrogen and oxygen atoms in total. The average Bonchev–Trinajstić information content (AvgIpc) is 3.01. The lowest BCUT2D eigenvalue weighted by molar-refractivity contribution is 0.463. The van der Waals surface area contributed by atoms with Crippen LogP contribution in [0.4, 0.5) is 0 Å². The normalized spacial score (nSPS) is 15.4. The van der Waals surface area contributed by atoms with Crippen LogP contribution in [0.3, 0.4) is 0 Å². The van der Waals surface area contributed by atoms with Gasteiger partial charge in [0.1, 0.15) is 5.76 Å². The van der Waals surface area contributed by atoms with Gasteiger partial charge < -0.3 is 15.1 Å². The number of guanidine groups is 1. The van der Waals surface area contributed by atoms with Crippen molar-refractivity contribution in [2.45, 2.75) is 39.3 Å². The van der Waals surface area contributed by atoms with Gasteiger partial charge in [0, 0.05) is 13.1 Å². The predicted molar refractivity (Wildman–Crippen MR) is 77.7 cm³/mol. The smallest absolute Gasteiger partial charge is 0.214 e. The van der Waals surface area contributed by atoms with E-state index in [9.17, 15) is 0 Å². The van der Waals surface area contributed by atoms with Crippen LogP contribution in [-0.4, -0.2) is 24.0 Å². The van der Waals surface area contributed by atoms with E-state index in [0.717, 1.165) is 17.4 Å². The van der Waals surface area contributed by atoms with E-state index in [0.29, 0.717) is 18.5 Å². The van der Waals surface area contributed by atoms with Crippen LogP contribution in [0.5, 0.6) is 0 Å². The number of nitrogens with zero attached hydrogens (tertiary/aromatic N) is 2. The first kappa shape index (κ1) is 14.3. The van der Waals surface area contributed by atoms with Gasteiger partial charge >= 0.3 is 0 Å². The van der Waals surface area contributed by atoms with Crippen LogP contribution in [0.25, 0.3) is 0 Å². The van der Waals surface area contributed by atoms with Crippen molar-refractivity contribution >= 4 is 29.9 Å². The minimum absolute atomic E-state index is 0. The Hall–Kier alpha value is -0.790. The second kappa shape index (κ2) is 6.23. The van der Waals surface area contributed by atoms with Crippen LogP contribution in [0.2, 0.25) is 0 Å². The van der Waals surface area contributed by atoms with E-state index in [1.54, 1.807) is 7.05 Å². The second-order valence-electron chi connectivity index (χ2n) is 4.09. The molecule has 0 bridgehead atoms. The van der Waals surface area contributed by atoms with Gasteiger partial charge in [-0.2, -0.15) is 0 Å². The van der Waals surface area contributed by atoms with E-state index in [1.807, 2.05) is 13.8 Å². The number of halogens is 1. The lowest BCUT2D eigenvalue weighted by atomic mass is 10.4. The maximum absolute atomic E-state index is 5.47. The van der Waals surface area contributed by atoms with Crippen LogP contribution in [0.1, 0.15) is 30.2 Å². The van der Waals surface area contributed by atoms with Gasteiger partial charge in [0.15, 0.2) is 5.96 Å². The van der Waals surface area contributed by atoms with E-state index in [-0.39, 0.29) is 24.0 Å². The number of hydrogen-bond acceptors (Lipinski definition) is 3. The Morgan fingerprint density at radius 2 is 2.18 bits per heavy atom. The first-order valence-electron chi connectivity index (χ1n) is 5.59. The quantitative estimate of drug-likeness (QED) is 0.495. The van der Waals surface area contributed by atoms with Crippen molar-refractivity contribution in [3.8, 4) is 0 Å². The fraction of sp³-hybridized carbons (Fsp3) is 0.636. The number of nitrogens with one attached hydrogen (secondary N) is 2. The van der Waals surface area contributed by atoms with E-state index < -0.39 is 0 Å². The molecule has 96 valence electrons. The number of aromatic nitrogens is 1. The van der Waals surface area contributed by atoms with Crippen molar-refractivity contribution < 1.29 is 4.42 Å². The van der Waals surface area contributed by atoms with Gasteiger partial charge in [-0.25, -0.2) is 4.98 Å². The molecule has 0 aromatic carbocycles. The Morgan fingerprint density at radius 1 is 1.47 bits per heavy atom. The first-order valence-corrected chi connectivity index (χ1v) is 5.59. The third-order valence-corrected chi connectivity index (χ3v) is 2.62. The van der Waals surface area contributed by atoms with Crippen molar-refractivity contribution in [1.82, 2.24) is 15.6 Å². The molecule has 1 heterocycles. The summed E-state index contributed by atoms with van der Waals surface area (Å²) < 4.78 is 5.47.